The minimum Gasteiger partial charge on any atom is -0.481 e. The molecule has 0 unspecified atom stereocenters. The van der Waals surface area contributed by atoms with Crippen molar-refractivity contribution in [2.45, 2.75) is 115 Å². The molecule has 0 saturated heterocycles. The smallest absolute Gasteiger partial charge is 0.304 e. The number of aryl methyl sites for hydroxylation is 1. The monoisotopic (exact) mass is 436 g/mol. The van der Waals surface area contributed by atoms with Crippen LogP contribution in [0.15, 0.2) is 24.3 Å². The highest BCUT2D eigenvalue weighted by molar-refractivity contribution is 8.00. The highest BCUT2D eigenvalue weighted by Crippen LogP contribution is 2.33. The first kappa shape index (κ1) is 27.0. The third kappa shape index (κ3) is 12.6. The molecule has 30 heavy (non-hydrogen) atoms. The average molecular weight is 437 g/mol. The maximum atomic E-state index is 11.1. The van der Waals surface area contributed by atoms with E-state index < -0.39 is 10.9 Å². The number of aliphatic hydroxyl groups is 1. The fraction of sp³-hybridized carbons (Fsp3) is 0.731. The Balaban J connectivity index is 2.42. The van der Waals surface area contributed by atoms with Gasteiger partial charge in [-0.05, 0) is 30.4 Å². The van der Waals surface area contributed by atoms with Crippen molar-refractivity contribution in [2.24, 2.45) is 0 Å². The lowest BCUT2D eigenvalue weighted by molar-refractivity contribution is -0.136. The number of rotatable bonds is 19. The Morgan fingerprint density at radius 1 is 0.867 bits per heavy atom. The number of thioether (sulfide) groups is 1. The van der Waals surface area contributed by atoms with E-state index in [9.17, 15) is 9.90 Å². The van der Waals surface area contributed by atoms with Crippen LogP contribution < -0.4 is 0 Å². The molecule has 0 aliphatic heterocycles. The Labute approximate surface area is 189 Å². The van der Waals surface area contributed by atoms with Crippen LogP contribution in [-0.4, -0.2) is 26.9 Å². The molecular weight excluding hydrogens is 392 g/mol. The summed E-state index contributed by atoms with van der Waals surface area (Å²) in [5, 5.41) is 20.0. The first-order valence-corrected chi connectivity index (χ1v) is 13.1. The third-order valence-electron chi connectivity index (χ3n) is 5.71. The van der Waals surface area contributed by atoms with Gasteiger partial charge >= 0.3 is 5.97 Å². The highest BCUT2D eigenvalue weighted by Gasteiger charge is 2.28. The van der Waals surface area contributed by atoms with Crippen LogP contribution in [0, 0.1) is 0 Å². The molecule has 0 aromatic heterocycles. The second kappa shape index (κ2) is 16.7. The van der Waals surface area contributed by atoms with Crippen molar-refractivity contribution in [2.75, 3.05) is 5.75 Å². The van der Waals surface area contributed by atoms with E-state index in [0.29, 0.717) is 18.6 Å². The first-order chi connectivity index (χ1) is 14.5. The van der Waals surface area contributed by atoms with Gasteiger partial charge in [0.05, 0.1) is 6.42 Å². The summed E-state index contributed by atoms with van der Waals surface area (Å²) in [5.74, 6) is -0.352. The maximum absolute atomic E-state index is 11.1. The van der Waals surface area contributed by atoms with Crippen molar-refractivity contribution in [3.63, 3.8) is 0 Å². The molecule has 3 nitrogen and oxygen atoms in total. The molecule has 1 rings (SSSR count). The summed E-state index contributed by atoms with van der Waals surface area (Å²) in [6, 6.07) is 8.46. The molecule has 0 spiro atoms. The summed E-state index contributed by atoms with van der Waals surface area (Å²) >= 11 is 1.40. The summed E-state index contributed by atoms with van der Waals surface area (Å²) < 4.78 is 0. The molecule has 1 aromatic carbocycles. The lowest BCUT2D eigenvalue weighted by Crippen LogP contribution is -2.28. The van der Waals surface area contributed by atoms with E-state index in [2.05, 4.69) is 32.0 Å². The van der Waals surface area contributed by atoms with Gasteiger partial charge in [-0.2, -0.15) is 0 Å². The molecule has 2 N–H and O–H groups in total. The minimum absolute atomic E-state index is 0.0942. The van der Waals surface area contributed by atoms with Gasteiger partial charge < -0.3 is 10.2 Å². The molecule has 0 radical (unpaired) electrons. The second-order valence-corrected chi connectivity index (χ2v) is 10.0. The van der Waals surface area contributed by atoms with Gasteiger partial charge in [0.2, 0.25) is 0 Å². The van der Waals surface area contributed by atoms with E-state index in [-0.39, 0.29) is 6.42 Å². The number of hydrogen-bond donors (Lipinski definition) is 2. The topological polar surface area (TPSA) is 57.5 Å². The van der Waals surface area contributed by atoms with Crippen molar-refractivity contribution in [1.82, 2.24) is 0 Å². The van der Waals surface area contributed by atoms with Crippen LogP contribution in [0.25, 0.3) is 0 Å². The number of carboxylic acid groups (broad SMARTS) is 1. The quantitative estimate of drug-likeness (QED) is 0.175. The highest BCUT2D eigenvalue weighted by atomic mass is 32.2. The zero-order chi connectivity index (χ0) is 22.1. The van der Waals surface area contributed by atoms with E-state index >= 15 is 0 Å². The van der Waals surface area contributed by atoms with Crippen LogP contribution in [0.5, 0.6) is 0 Å². The fourth-order valence-corrected chi connectivity index (χ4v) is 5.27. The van der Waals surface area contributed by atoms with Crippen molar-refractivity contribution in [3.8, 4) is 0 Å². The predicted molar refractivity (Wildman–Crippen MR) is 130 cm³/mol. The van der Waals surface area contributed by atoms with Crippen LogP contribution in [0.4, 0.5) is 0 Å². The van der Waals surface area contributed by atoms with Crippen LogP contribution in [0.2, 0.25) is 0 Å². The molecule has 0 heterocycles. The van der Waals surface area contributed by atoms with Gasteiger partial charge in [-0.1, -0.05) is 102 Å². The van der Waals surface area contributed by atoms with Gasteiger partial charge in [0, 0.05) is 12.2 Å². The zero-order valence-electron chi connectivity index (χ0n) is 19.3. The van der Waals surface area contributed by atoms with E-state index in [0.717, 1.165) is 12.8 Å². The molecule has 0 amide bonds. The normalized spacial score (nSPS) is 13.3. The molecule has 0 fully saturated rings. The SMILES string of the molecule is CCCCCCCCCCCCc1ccccc1C[C@@](O)(CCC)SCCC(=O)O. The number of unbranched alkanes of at least 4 members (excludes halogenated alkanes) is 9. The minimum atomic E-state index is -0.877. The molecular formula is C26H44O3S. The van der Waals surface area contributed by atoms with Crippen molar-refractivity contribution in [1.29, 1.82) is 0 Å². The average Bonchev–Trinajstić information content (AvgIpc) is 2.70. The fourth-order valence-electron chi connectivity index (χ4n) is 4.00. The number of benzene rings is 1. The van der Waals surface area contributed by atoms with Crippen LogP contribution in [0.1, 0.15) is 108 Å². The van der Waals surface area contributed by atoms with Gasteiger partial charge in [-0.15, -0.1) is 11.8 Å². The van der Waals surface area contributed by atoms with Crippen LogP contribution in [0.3, 0.4) is 0 Å². The molecule has 1 aromatic rings. The molecule has 1 atom stereocenters. The summed E-state index contributed by atoms with van der Waals surface area (Å²) in [7, 11) is 0. The Morgan fingerprint density at radius 2 is 1.43 bits per heavy atom. The number of carbonyl (C=O) groups is 1. The van der Waals surface area contributed by atoms with Gasteiger partial charge in [0.15, 0.2) is 0 Å². The molecule has 0 aliphatic carbocycles. The number of aliphatic carboxylic acids is 1. The Kier molecular flexibility index (Phi) is 15.0. The number of hydrogen-bond acceptors (Lipinski definition) is 3. The Bertz CT molecular complexity index is 575. The summed E-state index contributed by atoms with van der Waals surface area (Å²) in [6.45, 7) is 4.33. The predicted octanol–water partition coefficient (Wildman–Crippen LogP) is 7.39. The molecule has 4 heteroatoms. The third-order valence-corrected chi connectivity index (χ3v) is 7.01. The summed E-state index contributed by atoms with van der Waals surface area (Å²) in [6.07, 6.45) is 16.7. The van der Waals surface area contributed by atoms with E-state index in [4.69, 9.17) is 5.11 Å². The zero-order valence-corrected chi connectivity index (χ0v) is 20.2. The maximum Gasteiger partial charge on any atom is 0.304 e. The van der Waals surface area contributed by atoms with Crippen LogP contribution >= 0.6 is 11.8 Å². The van der Waals surface area contributed by atoms with Crippen molar-refractivity contribution < 1.29 is 15.0 Å². The van der Waals surface area contributed by atoms with Crippen molar-refractivity contribution >= 4 is 17.7 Å². The molecule has 0 saturated carbocycles. The van der Waals surface area contributed by atoms with Gasteiger partial charge in [0.25, 0.3) is 0 Å². The van der Waals surface area contributed by atoms with Gasteiger partial charge in [0.1, 0.15) is 4.93 Å². The Hall–Kier alpha value is -1.00. The van der Waals surface area contributed by atoms with E-state index in [1.165, 1.54) is 87.1 Å². The Morgan fingerprint density at radius 3 is 2.00 bits per heavy atom. The summed E-state index contributed by atoms with van der Waals surface area (Å²) in [4.78, 5) is 9.96. The molecule has 0 aliphatic rings. The van der Waals surface area contributed by atoms with E-state index in [1.54, 1.807) is 0 Å². The number of carboxylic acids is 1. The largest absolute Gasteiger partial charge is 0.481 e. The lowest BCUT2D eigenvalue weighted by atomic mass is 9.95. The van der Waals surface area contributed by atoms with Crippen molar-refractivity contribution in [3.05, 3.63) is 35.4 Å². The van der Waals surface area contributed by atoms with Crippen LogP contribution in [-0.2, 0) is 17.6 Å². The molecule has 172 valence electrons. The van der Waals surface area contributed by atoms with Gasteiger partial charge in [-0.3, -0.25) is 4.79 Å². The standard InChI is InChI=1S/C26H44O3S/c1-3-5-6-7-8-9-10-11-12-13-16-23-17-14-15-18-24(23)22-26(29,20-4-2)30-21-19-25(27)28/h14-15,17-18,29H,3-13,16,19-22H2,1-2H3,(H,27,28)/t26-/m1/s1. The van der Waals surface area contributed by atoms with E-state index in [1.807, 2.05) is 6.07 Å². The second-order valence-electron chi connectivity index (χ2n) is 8.57. The first-order valence-electron chi connectivity index (χ1n) is 12.2. The lowest BCUT2D eigenvalue weighted by Gasteiger charge is -2.28. The van der Waals surface area contributed by atoms with Gasteiger partial charge in [-0.25, -0.2) is 0 Å². The summed E-state index contributed by atoms with van der Waals surface area (Å²) in [5.41, 5.74) is 2.55. The molecule has 0 bridgehead atoms.